The van der Waals surface area contributed by atoms with Crippen molar-refractivity contribution in [1.82, 2.24) is 5.43 Å². The Morgan fingerprint density at radius 3 is 2.38 bits per heavy atom. The van der Waals surface area contributed by atoms with Crippen LogP contribution in [0.2, 0.25) is 0 Å². The first kappa shape index (κ1) is 15.2. The number of hydrazone groups is 1. The Balaban J connectivity index is 1.85. The molecule has 0 aliphatic carbocycles. The lowest BCUT2D eigenvalue weighted by molar-refractivity contribution is 1.05. The minimum Gasteiger partial charge on any atom is -0.331 e. The Bertz CT molecular complexity index is 615. The van der Waals surface area contributed by atoms with Crippen molar-refractivity contribution in [3.05, 3.63) is 65.2 Å². The minimum atomic E-state index is 0.472. The number of benzene rings is 2. The maximum atomic E-state index is 5.19. The number of nitrogens with zero attached hydrogens (tertiary/aromatic N) is 1. The summed E-state index contributed by atoms with van der Waals surface area (Å²) in [5, 5.41) is 7.68. The standard InChI is InChI=1S/C17H19N3S/c1-3-14-6-8-15(9-7-14)12-18-20-17(21)19-16-10-4-13(2)5-11-16/h4-12H,3H2,1-2H3,(H2,19,20,21)/b18-12-. The van der Waals surface area contributed by atoms with Crippen molar-refractivity contribution < 1.29 is 0 Å². The zero-order chi connectivity index (χ0) is 15.1. The van der Waals surface area contributed by atoms with Gasteiger partial charge in [-0.1, -0.05) is 48.9 Å². The van der Waals surface area contributed by atoms with Crippen molar-refractivity contribution >= 4 is 29.2 Å². The van der Waals surface area contributed by atoms with Gasteiger partial charge in [-0.3, -0.25) is 5.43 Å². The monoisotopic (exact) mass is 297 g/mol. The third-order valence-corrected chi connectivity index (χ3v) is 3.27. The van der Waals surface area contributed by atoms with Gasteiger partial charge < -0.3 is 5.32 Å². The van der Waals surface area contributed by atoms with E-state index in [9.17, 15) is 0 Å². The van der Waals surface area contributed by atoms with E-state index in [0.717, 1.165) is 17.7 Å². The summed E-state index contributed by atoms with van der Waals surface area (Å²) in [5.41, 5.74) is 7.33. The molecule has 2 aromatic carbocycles. The van der Waals surface area contributed by atoms with Crippen molar-refractivity contribution in [3.63, 3.8) is 0 Å². The molecule has 0 saturated carbocycles. The Hall–Kier alpha value is -2.20. The summed E-state index contributed by atoms with van der Waals surface area (Å²) in [6.07, 6.45) is 2.79. The summed E-state index contributed by atoms with van der Waals surface area (Å²) in [6, 6.07) is 16.3. The maximum absolute atomic E-state index is 5.19. The SMILES string of the molecule is CCc1ccc(/C=N\NC(=S)Nc2ccc(C)cc2)cc1. The molecule has 0 atom stereocenters. The summed E-state index contributed by atoms with van der Waals surface area (Å²) >= 11 is 5.19. The second kappa shape index (κ2) is 7.55. The fourth-order valence-corrected chi connectivity index (χ4v) is 1.97. The number of hydrogen-bond acceptors (Lipinski definition) is 2. The van der Waals surface area contributed by atoms with Crippen molar-refractivity contribution in [2.24, 2.45) is 5.10 Å². The Kier molecular flexibility index (Phi) is 5.46. The van der Waals surface area contributed by atoms with E-state index in [2.05, 4.69) is 41.8 Å². The summed E-state index contributed by atoms with van der Waals surface area (Å²) in [6.45, 7) is 4.19. The van der Waals surface area contributed by atoms with Crippen molar-refractivity contribution in [2.75, 3.05) is 5.32 Å². The number of nitrogens with one attached hydrogen (secondary N) is 2. The van der Waals surface area contributed by atoms with E-state index < -0.39 is 0 Å². The van der Waals surface area contributed by atoms with Crippen LogP contribution in [0.3, 0.4) is 0 Å². The molecule has 0 fully saturated rings. The van der Waals surface area contributed by atoms with Gasteiger partial charge in [0.25, 0.3) is 0 Å². The predicted octanol–water partition coefficient (Wildman–Crippen LogP) is 3.88. The molecule has 0 saturated heterocycles. The molecular formula is C17H19N3S. The van der Waals surface area contributed by atoms with Gasteiger partial charge in [0.1, 0.15) is 0 Å². The molecule has 2 N–H and O–H groups in total. The molecule has 0 heterocycles. The first-order chi connectivity index (χ1) is 10.2. The molecule has 108 valence electrons. The number of thiocarbonyl (C=S) groups is 1. The number of hydrogen-bond donors (Lipinski definition) is 2. The topological polar surface area (TPSA) is 36.4 Å². The second-order valence-corrected chi connectivity index (χ2v) is 5.19. The van der Waals surface area contributed by atoms with Gasteiger partial charge in [-0.15, -0.1) is 0 Å². The van der Waals surface area contributed by atoms with Crippen molar-refractivity contribution in [2.45, 2.75) is 20.3 Å². The molecule has 4 heteroatoms. The van der Waals surface area contributed by atoms with E-state index >= 15 is 0 Å². The van der Waals surface area contributed by atoms with Crippen molar-refractivity contribution in [3.8, 4) is 0 Å². The highest BCUT2D eigenvalue weighted by Crippen LogP contribution is 2.08. The van der Waals surface area contributed by atoms with Crippen LogP contribution < -0.4 is 10.7 Å². The van der Waals surface area contributed by atoms with E-state index in [1.807, 2.05) is 36.4 Å². The summed E-state index contributed by atoms with van der Waals surface area (Å²) in [4.78, 5) is 0. The summed E-state index contributed by atoms with van der Waals surface area (Å²) in [5.74, 6) is 0. The smallest absolute Gasteiger partial charge is 0.191 e. The Morgan fingerprint density at radius 2 is 1.76 bits per heavy atom. The second-order valence-electron chi connectivity index (χ2n) is 4.79. The Labute approximate surface area is 131 Å². The number of aryl methyl sites for hydroxylation is 2. The van der Waals surface area contributed by atoms with E-state index in [4.69, 9.17) is 12.2 Å². The van der Waals surface area contributed by atoms with Crippen LogP contribution in [0, 0.1) is 6.92 Å². The molecule has 0 radical (unpaired) electrons. The molecule has 0 spiro atoms. The number of rotatable bonds is 4. The lowest BCUT2D eigenvalue weighted by Gasteiger charge is -2.06. The zero-order valence-corrected chi connectivity index (χ0v) is 13.1. The van der Waals surface area contributed by atoms with Crippen LogP contribution in [0.15, 0.2) is 53.6 Å². The van der Waals surface area contributed by atoms with Crippen LogP contribution in [0.25, 0.3) is 0 Å². The highest BCUT2D eigenvalue weighted by molar-refractivity contribution is 7.80. The van der Waals surface area contributed by atoms with Gasteiger partial charge in [0.05, 0.1) is 6.21 Å². The first-order valence-electron chi connectivity index (χ1n) is 6.93. The van der Waals surface area contributed by atoms with Crippen LogP contribution in [0.1, 0.15) is 23.6 Å². The van der Waals surface area contributed by atoms with Crippen LogP contribution in [-0.2, 0) is 6.42 Å². The van der Waals surface area contributed by atoms with Gasteiger partial charge in [-0.05, 0) is 48.8 Å². The highest BCUT2D eigenvalue weighted by Gasteiger charge is 1.95. The largest absolute Gasteiger partial charge is 0.331 e. The molecule has 0 aliphatic heterocycles. The average molecular weight is 297 g/mol. The lowest BCUT2D eigenvalue weighted by Crippen LogP contribution is -2.23. The molecule has 2 rings (SSSR count). The van der Waals surface area contributed by atoms with E-state index in [-0.39, 0.29) is 0 Å². The van der Waals surface area contributed by atoms with E-state index in [1.165, 1.54) is 11.1 Å². The third-order valence-electron chi connectivity index (χ3n) is 3.08. The quantitative estimate of drug-likeness (QED) is 0.511. The molecule has 0 aliphatic rings. The average Bonchev–Trinajstić information content (AvgIpc) is 2.50. The normalized spacial score (nSPS) is 10.6. The van der Waals surface area contributed by atoms with Crippen LogP contribution in [-0.4, -0.2) is 11.3 Å². The molecule has 0 amide bonds. The number of anilines is 1. The van der Waals surface area contributed by atoms with Crippen LogP contribution >= 0.6 is 12.2 Å². The lowest BCUT2D eigenvalue weighted by atomic mass is 10.1. The third kappa shape index (κ3) is 5.00. The maximum Gasteiger partial charge on any atom is 0.191 e. The summed E-state index contributed by atoms with van der Waals surface area (Å²) < 4.78 is 0. The molecule has 0 aromatic heterocycles. The van der Waals surface area contributed by atoms with Gasteiger partial charge in [-0.2, -0.15) is 5.10 Å². The van der Waals surface area contributed by atoms with Crippen LogP contribution in [0.4, 0.5) is 5.69 Å². The minimum absolute atomic E-state index is 0.472. The molecule has 21 heavy (non-hydrogen) atoms. The zero-order valence-electron chi connectivity index (χ0n) is 12.3. The van der Waals surface area contributed by atoms with E-state index in [1.54, 1.807) is 6.21 Å². The highest BCUT2D eigenvalue weighted by atomic mass is 32.1. The van der Waals surface area contributed by atoms with Gasteiger partial charge in [0.2, 0.25) is 0 Å². The molecule has 2 aromatic rings. The van der Waals surface area contributed by atoms with Gasteiger partial charge in [0.15, 0.2) is 5.11 Å². The molecular weight excluding hydrogens is 278 g/mol. The van der Waals surface area contributed by atoms with Gasteiger partial charge >= 0.3 is 0 Å². The Morgan fingerprint density at radius 1 is 1.10 bits per heavy atom. The van der Waals surface area contributed by atoms with Gasteiger partial charge in [0, 0.05) is 5.69 Å². The predicted molar refractivity (Wildman–Crippen MR) is 93.9 cm³/mol. The molecule has 3 nitrogen and oxygen atoms in total. The van der Waals surface area contributed by atoms with Crippen LogP contribution in [0.5, 0.6) is 0 Å². The molecule has 0 bridgehead atoms. The fourth-order valence-electron chi connectivity index (χ4n) is 1.80. The van der Waals surface area contributed by atoms with E-state index in [0.29, 0.717) is 5.11 Å². The fraction of sp³-hybridized carbons (Fsp3) is 0.176. The van der Waals surface area contributed by atoms with Crippen molar-refractivity contribution in [1.29, 1.82) is 0 Å². The molecule has 0 unspecified atom stereocenters. The van der Waals surface area contributed by atoms with Gasteiger partial charge in [-0.25, -0.2) is 0 Å². The summed E-state index contributed by atoms with van der Waals surface area (Å²) in [7, 11) is 0. The first-order valence-corrected chi connectivity index (χ1v) is 7.34.